The first-order valence-electron chi connectivity index (χ1n) is 8.25. The van der Waals surface area contributed by atoms with Crippen molar-refractivity contribution in [2.75, 3.05) is 25.7 Å². The summed E-state index contributed by atoms with van der Waals surface area (Å²) in [6, 6.07) is 10.5. The van der Waals surface area contributed by atoms with E-state index in [1.807, 2.05) is 6.07 Å². The number of alkyl halides is 2. The van der Waals surface area contributed by atoms with E-state index >= 15 is 0 Å². The van der Waals surface area contributed by atoms with E-state index in [1.54, 1.807) is 24.1 Å². The number of fused-ring (bicyclic) bond motifs is 1. The topological polar surface area (TPSA) is 84.9 Å². The van der Waals surface area contributed by atoms with Gasteiger partial charge in [0.2, 0.25) is 22.5 Å². The van der Waals surface area contributed by atoms with Crippen LogP contribution in [0.1, 0.15) is 5.56 Å². The molecule has 28 heavy (non-hydrogen) atoms. The lowest BCUT2D eigenvalue weighted by atomic mass is 10.2. The number of carbonyl (C=O) groups excluding carboxylic acids is 1. The van der Waals surface area contributed by atoms with Gasteiger partial charge in [-0.1, -0.05) is 18.2 Å². The lowest BCUT2D eigenvalue weighted by molar-refractivity contribution is -0.117. The quantitative estimate of drug-likeness (QED) is 0.752. The normalized spacial score (nSPS) is 13.2. The molecular formula is C18H18F2N2O5S. The molecule has 3 rings (SSSR count). The molecule has 0 aliphatic carbocycles. The zero-order valence-corrected chi connectivity index (χ0v) is 15.7. The molecule has 0 aromatic heterocycles. The molecule has 1 amide bonds. The van der Waals surface area contributed by atoms with E-state index in [4.69, 9.17) is 9.47 Å². The fourth-order valence-corrected chi connectivity index (χ4v) is 3.64. The SMILES string of the molecule is CN(CC(=O)Nc1ccccc1S(=O)(=O)C(F)F)Cc1ccc2c(c1)OCO2. The van der Waals surface area contributed by atoms with Gasteiger partial charge >= 0.3 is 5.76 Å². The van der Waals surface area contributed by atoms with Crippen LogP contribution in [0.5, 0.6) is 11.5 Å². The molecule has 1 aliphatic rings. The Morgan fingerprint density at radius 1 is 1.18 bits per heavy atom. The molecule has 0 saturated carbocycles. The zero-order chi connectivity index (χ0) is 20.3. The Labute approximate surface area is 160 Å². The minimum Gasteiger partial charge on any atom is -0.454 e. The Morgan fingerprint density at radius 2 is 1.89 bits per heavy atom. The maximum absolute atomic E-state index is 12.8. The van der Waals surface area contributed by atoms with Crippen LogP contribution >= 0.6 is 0 Å². The predicted octanol–water partition coefficient (Wildman–Crippen LogP) is 2.48. The third kappa shape index (κ3) is 4.39. The number of para-hydroxylation sites is 1. The van der Waals surface area contributed by atoms with Crippen molar-refractivity contribution in [1.29, 1.82) is 0 Å². The summed E-state index contributed by atoms with van der Waals surface area (Å²) in [6.07, 6.45) is 0. The van der Waals surface area contributed by atoms with Gasteiger partial charge in [-0.2, -0.15) is 8.78 Å². The van der Waals surface area contributed by atoms with Crippen molar-refractivity contribution in [3.8, 4) is 11.5 Å². The molecule has 0 spiro atoms. The van der Waals surface area contributed by atoms with Gasteiger partial charge in [0.1, 0.15) is 0 Å². The Hall–Kier alpha value is -2.72. The van der Waals surface area contributed by atoms with Gasteiger partial charge in [0.05, 0.1) is 17.1 Å². The number of hydrogen-bond donors (Lipinski definition) is 1. The number of amides is 1. The molecular weight excluding hydrogens is 394 g/mol. The second-order valence-corrected chi connectivity index (χ2v) is 8.10. The lowest BCUT2D eigenvalue weighted by Crippen LogP contribution is -2.30. The van der Waals surface area contributed by atoms with E-state index < -0.39 is 26.4 Å². The smallest absolute Gasteiger partial charge is 0.341 e. The standard InChI is InChI=1S/C18H18F2N2O5S/c1-22(9-12-6-7-14-15(8-12)27-11-26-14)10-17(23)21-13-4-2-3-5-16(13)28(24,25)18(19)20/h2-8,18H,9-11H2,1H3,(H,21,23). The minimum atomic E-state index is -4.82. The van der Waals surface area contributed by atoms with Crippen LogP contribution in [0.4, 0.5) is 14.5 Å². The van der Waals surface area contributed by atoms with Crippen LogP contribution in [-0.4, -0.2) is 45.4 Å². The molecule has 0 radical (unpaired) electrons. The summed E-state index contributed by atoms with van der Waals surface area (Å²) in [5, 5.41) is 2.39. The number of anilines is 1. The zero-order valence-electron chi connectivity index (χ0n) is 14.9. The fraction of sp³-hybridized carbons (Fsp3) is 0.278. The summed E-state index contributed by atoms with van der Waals surface area (Å²) >= 11 is 0. The van der Waals surface area contributed by atoms with Crippen molar-refractivity contribution >= 4 is 21.4 Å². The molecule has 2 aromatic rings. The largest absolute Gasteiger partial charge is 0.454 e. The molecule has 7 nitrogen and oxygen atoms in total. The number of ether oxygens (including phenoxy) is 2. The van der Waals surface area contributed by atoms with Crippen LogP contribution in [0, 0.1) is 0 Å². The van der Waals surface area contributed by atoms with E-state index in [1.165, 1.54) is 18.2 Å². The molecule has 1 heterocycles. The highest BCUT2D eigenvalue weighted by molar-refractivity contribution is 7.91. The number of likely N-dealkylation sites (N-methyl/N-ethyl adjacent to an activating group) is 1. The highest BCUT2D eigenvalue weighted by atomic mass is 32.2. The molecule has 0 unspecified atom stereocenters. The predicted molar refractivity (Wildman–Crippen MR) is 97.2 cm³/mol. The number of rotatable bonds is 7. The van der Waals surface area contributed by atoms with Crippen LogP contribution in [0.2, 0.25) is 0 Å². The summed E-state index contributed by atoms with van der Waals surface area (Å²) < 4.78 is 59.7. The highest BCUT2D eigenvalue weighted by Crippen LogP contribution is 2.32. The number of benzene rings is 2. The summed E-state index contributed by atoms with van der Waals surface area (Å²) in [5.41, 5.74) is 0.713. The van der Waals surface area contributed by atoms with Gasteiger partial charge in [-0.3, -0.25) is 9.69 Å². The van der Waals surface area contributed by atoms with E-state index in [0.717, 1.165) is 11.6 Å². The molecule has 1 N–H and O–H groups in total. The molecule has 0 saturated heterocycles. The third-order valence-electron chi connectivity index (χ3n) is 4.01. The Morgan fingerprint density at radius 3 is 2.64 bits per heavy atom. The van der Waals surface area contributed by atoms with Crippen molar-refractivity contribution in [2.45, 2.75) is 17.2 Å². The first-order chi connectivity index (χ1) is 13.3. The van der Waals surface area contributed by atoms with E-state index in [2.05, 4.69) is 5.32 Å². The molecule has 0 fully saturated rings. The monoisotopic (exact) mass is 412 g/mol. The maximum atomic E-state index is 12.8. The van der Waals surface area contributed by atoms with Gasteiger partial charge in [-0.05, 0) is 36.9 Å². The molecule has 0 atom stereocenters. The first-order valence-corrected chi connectivity index (χ1v) is 9.80. The number of nitrogens with zero attached hydrogens (tertiary/aromatic N) is 1. The average molecular weight is 412 g/mol. The number of halogens is 2. The third-order valence-corrected chi connectivity index (χ3v) is 5.44. The van der Waals surface area contributed by atoms with Crippen LogP contribution < -0.4 is 14.8 Å². The van der Waals surface area contributed by atoms with E-state index in [0.29, 0.717) is 18.0 Å². The molecule has 0 bridgehead atoms. The van der Waals surface area contributed by atoms with Crippen LogP contribution in [0.3, 0.4) is 0 Å². The van der Waals surface area contributed by atoms with Gasteiger partial charge < -0.3 is 14.8 Å². The number of sulfone groups is 1. The minimum absolute atomic E-state index is 0.0719. The molecule has 150 valence electrons. The van der Waals surface area contributed by atoms with Crippen LogP contribution in [0.15, 0.2) is 47.4 Å². The maximum Gasteiger partial charge on any atom is 0.341 e. The second-order valence-electron chi connectivity index (χ2n) is 6.21. The highest BCUT2D eigenvalue weighted by Gasteiger charge is 2.29. The Kier molecular flexibility index (Phi) is 5.80. The fourth-order valence-electron chi connectivity index (χ4n) is 2.76. The Balaban J connectivity index is 1.64. The first kappa shape index (κ1) is 20.0. The van der Waals surface area contributed by atoms with Crippen LogP contribution in [0.25, 0.3) is 0 Å². The summed E-state index contributed by atoms with van der Waals surface area (Å²) in [6.45, 7) is 0.510. The van der Waals surface area contributed by atoms with Gasteiger partial charge in [-0.25, -0.2) is 8.42 Å². The van der Waals surface area contributed by atoms with Gasteiger partial charge in [0.25, 0.3) is 0 Å². The molecule has 1 aliphatic heterocycles. The van der Waals surface area contributed by atoms with Crippen molar-refractivity contribution in [2.24, 2.45) is 0 Å². The summed E-state index contributed by atoms with van der Waals surface area (Å²) in [4.78, 5) is 13.3. The van der Waals surface area contributed by atoms with E-state index in [9.17, 15) is 22.0 Å². The van der Waals surface area contributed by atoms with Crippen molar-refractivity contribution in [3.05, 3.63) is 48.0 Å². The van der Waals surface area contributed by atoms with Crippen molar-refractivity contribution < 1.29 is 31.5 Å². The van der Waals surface area contributed by atoms with Gasteiger partial charge in [0, 0.05) is 6.54 Å². The van der Waals surface area contributed by atoms with Crippen LogP contribution in [-0.2, 0) is 21.2 Å². The molecule has 10 heteroatoms. The average Bonchev–Trinajstić information content (AvgIpc) is 3.09. The Bertz CT molecular complexity index is 982. The van der Waals surface area contributed by atoms with Crippen molar-refractivity contribution in [3.63, 3.8) is 0 Å². The van der Waals surface area contributed by atoms with Crippen molar-refractivity contribution in [1.82, 2.24) is 4.90 Å². The number of hydrogen-bond acceptors (Lipinski definition) is 6. The number of nitrogens with one attached hydrogen (secondary N) is 1. The van der Waals surface area contributed by atoms with E-state index in [-0.39, 0.29) is 19.0 Å². The summed E-state index contributed by atoms with van der Waals surface area (Å²) in [7, 11) is -3.12. The number of carbonyl (C=O) groups is 1. The van der Waals surface area contributed by atoms with Gasteiger partial charge in [-0.15, -0.1) is 0 Å². The summed E-state index contributed by atoms with van der Waals surface area (Å²) in [5.74, 6) is -2.82. The van der Waals surface area contributed by atoms with Gasteiger partial charge in [0.15, 0.2) is 11.5 Å². The lowest BCUT2D eigenvalue weighted by Gasteiger charge is -2.17. The second kappa shape index (κ2) is 8.11. The molecule has 2 aromatic carbocycles.